The van der Waals surface area contributed by atoms with Crippen LogP contribution < -0.4 is 5.43 Å². The molecule has 0 aliphatic rings. The van der Waals surface area contributed by atoms with Crippen LogP contribution in [0, 0.1) is 13.8 Å². The molecule has 0 aliphatic carbocycles. The molecule has 1 amide bonds. The van der Waals surface area contributed by atoms with E-state index in [0.29, 0.717) is 5.56 Å². The molecule has 0 aromatic heterocycles. The van der Waals surface area contributed by atoms with Gasteiger partial charge in [-0.25, -0.2) is 5.43 Å². The van der Waals surface area contributed by atoms with Crippen LogP contribution in [0.5, 0.6) is 0 Å². The predicted molar refractivity (Wildman–Crippen MR) is 96.1 cm³/mol. The summed E-state index contributed by atoms with van der Waals surface area (Å²) in [6, 6.07) is 13.7. The molecule has 0 saturated heterocycles. The minimum Gasteiger partial charge on any atom is -0.267 e. The summed E-state index contributed by atoms with van der Waals surface area (Å²) in [6.07, 6.45) is 1.66. The van der Waals surface area contributed by atoms with Gasteiger partial charge in [-0.2, -0.15) is 5.10 Å². The van der Waals surface area contributed by atoms with E-state index < -0.39 is 0 Å². The largest absolute Gasteiger partial charge is 0.271 e. The summed E-state index contributed by atoms with van der Waals surface area (Å²) >= 11 is 0. The van der Waals surface area contributed by atoms with Crippen molar-refractivity contribution in [3.05, 3.63) is 70.3 Å². The molecule has 0 radical (unpaired) electrons. The molecule has 0 bridgehead atoms. The smallest absolute Gasteiger partial charge is 0.267 e. The van der Waals surface area contributed by atoms with Crippen molar-refractivity contribution in [3.8, 4) is 0 Å². The maximum Gasteiger partial charge on any atom is 0.271 e. The van der Waals surface area contributed by atoms with Crippen LogP contribution in [0.3, 0.4) is 0 Å². The zero-order chi connectivity index (χ0) is 17.0. The van der Waals surface area contributed by atoms with E-state index in [1.807, 2.05) is 42.5 Å². The lowest BCUT2D eigenvalue weighted by Crippen LogP contribution is -2.18. The number of carbonyl (C=O) groups is 1. The van der Waals surface area contributed by atoms with E-state index in [1.54, 1.807) is 6.21 Å². The van der Waals surface area contributed by atoms with Crippen molar-refractivity contribution in [2.75, 3.05) is 0 Å². The van der Waals surface area contributed by atoms with Gasteiger partial charge in [-0.15, -0.1) is 0 Å². The molecule has 3 heteroatoms. The quantitative estimate of drug-likeness (QED) is 0.664. The average Bonchev–Trinajstić information content (AvgIpc) is 2.50. The SMILES string of the molecule is Cc1ccc(/C=N/NC(=O)c2ccc(C(C)(C)C)cc2)cc1C. The van der Waals surface area contributed by atoms with Crippen LogP contribution in [0.15, 0.2) is 47.6 Å². The van der Waals surface area contributed by atoms with Gasteiger partial charge in [0.25, 0.3) is 5.91 Å². The Morgan fingerprint density at radius 3 is 2.22 bits per heavy atom. The van der Waals surface area contributed by atoms with E-state index in [-0.39, 0.29) is 11.3 Å². The molecular weight excluding hydrogens is 284 g/mol. The van der Waals surface area contributed by atoms with Crippen molar-refractivity contribution in [2.24, 2.45) is 5.10 Å². The highest BCUT2D eigenvalue weighted by atomic mass is 16.2. The summed E-state index contributed by atoms with van der Waals surface area (Å²) < 4.78 is 0. The summed E-state index contributed by atoms with van der Waals surface area (Å²) in [5.41, 5.74) is 7.87. The molecule has 0 saturated carbocycles. The Kier molecular flexibility index (Phi) is 4.99. The lowest BCUT2D eigenvalue weighted by molar-refractivity contribution is 0.0955. The highest BCUT2D eigenvalue weighted by Crippen LogP contribution is 2.22. The van der Waals surface area contributed by atoms with Crippen LogP contribution in [-0.4, -0.2) is 12.1 Å². The van der Waals surface area contributed by atoms with E-state index in [9.17, 15) is 4.79 Å². The van der Waals surface area contributed by atoms with E-state index in [1.165, 1.54) is 16.7 Å². The number of hydrogen-bond donors (Lipinski definition) is 1. The van der Waals surface area contributed by atoms with Crippen molar-refractivity contribution in [3.63, 3.8) is 0 Å². The molecule has 0 aliphatic heterocycles. The first-order valence-electron chi connectivity index (χ1n) is 7.78. The van der Waals surface area contributed by atoms with Gasteiger partial charge < -0.3 is 0 Å². The number of hydrogen-bond acceptors (Lipinski definition) is 2. The van der Waals surface area contributed by atoms with E-state index in [4.69, 9.17) is 0 Å². The lowest BCUT2D eigenvalue weighted by Gasteiger charge is -2.18. The van der Waals surface area contributed by atoms with Crippen molar-refractivity contribution < 1.29 is 4.79 Å². The molecule has 0 spiro atoms. The molecule has 0 heterocycles. The summed E-state index contributed by atoms with van der Waals surface area (Å²) in [7, 11) is 0. The van der Waals surface area contributed by atoms with Gasteiger partial charge in [-0.1, -0.05) is 51.1 Å². The third-order valence-electron chi connectivity index (χ3n) is 3.92. The van der Waals surface area contributed by atoms with Gasteiger partial charge in [0.15, 0.2) is 0 Å². The zero-order valence-electron chi connectivity index (χ0n) is 14.5. The number of hydrazone groups is 1. The van der Waals surface area contributed by atoms with Crippen molar-refractivity contribution in [1.82, 2.24) is 5.43 Å². The van der Waals surface area contributed by atoms with Gasteiger partial charge in [0.05, 0.1) is 6.21 Å². The Balaban J connectivity index is 2.01. The first-order chi connectivity index (χ1) is 10.8. The van der Waals surface area contributed by atoms with Gasteiger partial charge >= 0.3 is 0 Å². The van der Waals surface area contributed by atoms with E-state index in [0.717, 1.165) is 5.56 Å². The first kappa shape index (κ1) is 16.9. The van der Waals surface area contributed by atoms with Crippen LogP contribution in [0.2, 0.25) is 0 Å². The predicted octanol–water partition coefficient (Wildman–Crippen LogP) is 4.36. The third-order valence-corrected chi connectivity index (χ3v) is 3.92. The number of carbonyl (C=O) groups excluding carboxylic acids is 1. The maximum atomic E-state index is 12.1. The molecule has 0 atom stereocenters. The number of nitrogens with zero attached hydrogens (tertiary/aromatic N) is 1. The van der Waals surface area contributed by atoms with Crippen molar-refractivity contribution in [1.29, 1.82) is 0 Å². The highest BCUT2D eigenvalue weighted by molar-refractivity contribution is 5.94. The molecule has 0 unspecified atom stereocenters. The van der Waals surface area contributed by atoms with Gasteiger partial charge in [-0.3, -0.25) is 4.79 Å². The molecule has 2 aromatic rings. The second kappa shape index (κ2) is 6.78. The summed E-state index contributed by atoms with van der Waals surface area (Å²) in [5.74, 6) is -0.203. The number of benzene rings is 2. The molecule has 23 heavy (non-hydrogen) atoms. The van der Waals surface area contributed by atoms with Crippen LogP contribution >= 0.6 is 0 Å². The number of rotatable bonds is 3. The Hall–Kier alpha value is -2.42. The third kappa shape index (κ3) is 4.52. The Labute approximate surface area is 138 Å². The van der Waals surface area contributed by atoms with Crippen LogP contribution in [0.25, 0.3) is 0 Å². The molecule has 3 nitrogen and oxygen atoms in total. The van der Waals surface area contributed by atoms with Gasteiger partial charge in [0.1, 0.15) is 0 Å². The normalized spacial score (nSPS) is 11.7. The highest BCUT2D eigenvalue weighted by Gasteiger charge is 2.14. The zero-order valence-corrected chi connectivity index (χ0v) is 14.5. The van der Waals surface area contributed by atoms with Crippen molar-refractivity contribution in [2.45, 2.75) is 40.0 Å². The summed E-state index contributed by atoms with van der Waals surface area (Å²) in [5, 5.41) is 4.04. The number of aryl methyl sites for hydroxylation is 2. The minimum atomic E-state index is -0.203. The van der Waals surface area contributed by atoms with Crippen LogP contribution in [-0.2, 0) is 5.41 Å². The first-order valence-corrected chi connectivity index (χ1v) is 7.78. The van der Waals surface area contributed by atoms with Gasteiger partial charge in [0, 0.05) is 5.56 Å². The number of nitrogens with one attached hydrogen (secondary N) is 1. The van der Waals surface area contributed by atoms with Crippen LogP contribution in [0.1, 0.15) is 53.4 Å². The second-order valence-corrected chi connectivity index (χ2v) is 6.87. The fraction of sp³-hybridized carbons (Fsp3) is 0.300. The monoisotopic (exact) mass is 308 g/mol. The maximum absolute atomic E-state index is 12.1. The molecular formula is C20H24N2O. The molecule has 1 N–H and O–H groups in total. The van der Waals surface area contributed by atoms with E-state index >= 15 is 0 Å². The van der Waals surface area contributed by atoms with Gasteiger partial charge in [0.2, 0.25) is 0 Å². The molecule has 2 rings (SSSR count). The number of amides is 1. The fourth-order valence-electron chi connectivity index (χ4n) is 2.20. The fourth-order valence-corrected chi connectivity index (χ4v) is 2.20. The summed E-state index contributed by atoms with van der Waals surface area (Å²) in [4.78, 5) is 12.1. The molecule has 2 aromatic carbocycles. The Morgan fingerprint density at radius 1 is 1.00 bits per heavy atom. The Bertz CT molecular complexity index is 722. The van der Waals surface area contributed by atoms with E-state index in [2.05, 4.69) is 45.1 Å². The minimum absolute atomic E-state index is 0.0798. The Morgan fingerprint density at radius 2 is 1.65 bits per heavy atom. The molecule has 120 valence electrons. The average molecular weight is 308 g/mol. The van der Waals surface area contributed by atoms with Crippen LogP contribution in [0.4, 0.5) is 0 Å². The molecule has 0 fully saturated rings. The van der Waals surface area contributed by atoms with Gasteiger partial charge in [-0.05, 0) is 53.6 Å². The van der Waals surface area contributed by atoms with Crippen molar-refractivity contribution >= 4 is 12.1 Å². The lowest BCUT2D eigenvalue weighted by atomic mass is 9.87. The topological polar surface area (TPSA) is 41.5 Å². The standard InChI is InChI=1S/C20H24N2O/c1-14-6-7-16(12-15(14)2)13-21-22-19(23)17-8-10-18(11-9-17)20(3,4)5/h6-13H,1-5H3,(H,22,23)/b21-13+. The second-order valence-electron chi connectivity index (χ2n) is 6.87. The summed E-state index contributed by atoms with van der Waals surface area (Å²) in [6.45, 7) is 10.6.